The van der Waals surface area contributed by atoms with Gasteiger partial charge in [0.25, 0.3) is 0 Å². The Morgan fingerprint density at radius 3 is 2.24 bits per heavy atom. The van der Waals surface area contributed by atoms with Gasteiger partial charge in [-0.05, 0) is 67.9 Å². The number of benzene rings is 2. The first-order chi connectivity index (χ1) is 15.2. The molecule has 3 rings (SSSR count). The molecule has 13 heteroatoms. The first kappa shape index (κ1) is 29.2. The van der Waals surface area contributed by atoms with Crippen molar-refractivity contribution < 1.29 is 22.7 Å². The Morgan fingerprint density at radius 1 is 1.03 bits per heavy atom. The molecule has 0 saturated carbocycles. The van der Waals surface area contributed by atoms with Gasteiger partial charge in [-0.2, -0.15) is 5.10 Å². The molecule has 0 radical (unpaired) electrons. The van der Waals surface area contributed by atoms with Crippen LogP contribution in [0.2, 0.25) is 0 Å². The second-order valence-corrected chi connectivity index (χ2v) is 7.04. The smallest absolute Gasteiger partial charge is 0.406 e. The molecule has 186 valence electrons. The molecule has 1 amide bonds. The topological polar surface area (TPSA) is 132 Å². The molecule has 8 nitrogen and oxygen atoms in total. The summed E-state index contributed by atoms with van der Waals surface area (Å²) >= 11 is 0. The summed E-state index contributed by atoms with van der Waals surface area (Å²) in [5.74, 6) is 0.190. The van der Waals surface area contributed by atoms with E-state index in [9.17, 15) is 18.0 Å². The van der Waals surface area contributed by atoms with Gasteiger partial charge in [-0.25, -0.2) is 4.98 Å². The number of halogens is 5. The number of anilines is 1. The van der Waals surface area contributed by atoms with E-state index in [4.69, 9.17) is 11.5 Å². The first-order valence-electron chi connectivity index (χ1n) is 9.90. The van der Waals surface area contributed by atoms with Crippen LogP contribution in [0.5, 0.6) is 5.75 Å². The minimum absolute atomic E-state index is 0. The third kappa shape index (κ3) is 8.49. The van der Waals surface area contributed by atoms with Crippen LogP contribution >= 0.6 is 24.8 Å². The van der Waals surface area contributed by atoms with Crippen molar-refractivity contribution in [2.45, 2.75) is 31.7 Å². The molecule has 0 spiro atoms. The number of alkyl halides is 3. The SMILES string of the molecule is Cl.Cl.NCCCCC(N)C(=O)Nc1ccc(-c2nc(-c3ccc(OC(F)(F)F)cc3)n[nH]2)cc1. The fraction of sp³-hybridized carbons (Fsp3) is 0.286. The number of carbonyl (C=O) groups is 1. The van der Waals surface area contributed by atoms with E-state index in [0.717, 1.165) is 12.8 Å². The standard InChI is InChI=1S/C21H23F3N6O2.2ClH/c22-21(23,24)32-16-10-6-14(7-11-16)19-28-18(29-30-19)13-4-8-15(9-5-13)27-20(31)17(26)3-1-2-12-25;;/h4-11,17H,1-3,12,25-26H2,(H,27,31)(H,28,29,30);2*1H. The third-order valence-electron chi connectivity index (χ3n) is 4.56. The molecule has 3 aromatic rings. The molecule has 0 saturated heterocycles. The lowest BCUT2D eigenvalue weighted by Gasteiger charge is -2.12. The number of aromatic amines is 1. The Kier molecular flexibility index (Phi) is 11.3. The zero-order chi connectivity index (χ0) is 23.1. The number of nitrogens with zero attached hydrogens (tertiary/aromatic N) is 2. The first-order valence-corrected chi connectivity index (χ1v) is 9.90. The van der Waals surface area contributed by atoms with Crippen LogP contribution in [0, 0.1) is 0 Å². The predicted octanol–water partition coefficient (Wildman–Crippen LogP) is 4.28. The van der Waals surface area contributed by atoms with Crippen LogP contribution in [-0.4, -0.2) is 40.0 Å². The average Bonchev–Trinajstić information content (AvgIpc) is 3.24. The minimum Gasteiger partial charge on any atom is -0.406 e. The maximum absolute atomic E-state index is 12.3. The number of hydrogen-bond donors (Lipinski definition) is 4. The zero-order valence-corrected chi connectivity index (χ0v) is 19.5. The van der Waals surface area contributed by atoms with E-state index >= 15 is 0 Å². The van der Waals surface area contributed by atoms with Crippen LogP contribution in [0.25, 0.3) is 22.8 Å². The summed E-state index contributed by atoms with van der Waals surface area (Å²) in [4.78, 5) is 16.5. The monoisotopic (exact) mass is 520 g/mol. The number of carbonyl (C=O) groups excluding carboxylic acids is 1. The minimum atomic E-state index is -4.75. The van der Waals surface area contributed by atoms with E-state index < -0.39 is 12.4 Å². The quantitative estimate of drug-likeness (QED) is 0.311. The number of unbranched alkanes of at least 4 members (excludes halogenated alkanes) is 1. The van der Waals surface area contributed by atoms with Crippen molar-refractivity contribution in [3.05, 3.63) is 48.5 Å². The highest BCUT2D eigenvalue weighted by molar-refractivity contribution is 5.94. The summed E-state index contributed by atoms with van der Waals surface area (Å²) in [6.07, 6.45) is -2.58. The summed E-state index contributed by atoms with van der Waals surface area (Å²) in [7, 11) is 0. The van der Waals surface area contributed by atoms with Crippen molar-refractivity contribution in [3.8, 4) is 28.5 Å². The molecule has 0 aliphatic rings. The molecule has 1 atom stereocenters. The Morgan fingerprint density at radius 2 is 1.65 bits per heavy atom. The molecule has 0 fully saturated rings. The largest absolute Gasteiger partial charge is 0.573 e. The van der Waals surface area contributed by atoms with Crippen molar-refractivity contribution in [1.29, 1.82) is 0 Å². The number of rotatable bonds is 9. The normalized spacial score (nSPS) is 11.7. The molecule has 1 unspecified atom stereocenters. The van der Waals surface area contributed by atoms with E-state index in [1.807, 2.05) is 0 Å². The molecule has 0 aliphatic carbocycles. The van der Waals surface area contributed by atoms with Crippen LogP contribution < -0.4 is 21.5 Å². The number of ether oxygens (including phenoxy) is 1. The van der Waals surface area contributed by atoms with Crippen LogP contribution in [0.15, 0.2) is 48.5 Å². The lowest BCUT2D eigenvalue weighted by atomic mass is 10.1. The molecule has 34 heavy (non-hydrogen) atoms. The van der Waals surface area contributed by atoms with Crippen molar-refractivity contribution in [3.63, 3.8) is 0 Å². The summed E-state index contributed by atoms with van der Waals surface area (Å²) in [6, 6.07) is 11.6. The molecule has 0 bridgehead atoms. The lowest BCUT2D eigenvalue weighted by molar-refractivity contribution is -0.274. The number of nitrogens with one attached hydrogen (secondary N) is 2. The average molecular weight is 521 g/mol. The van der Waals surface area contributed by atoms with Gasteiger partial charge in [-0.15, -0.1) is 38.0 Å². The van der Waals surface area contributed by atoms with Crippen LogP contribution in [0.4, 0.5) is 18.9 Å². The van der Waals surface area contributed by atoms with E-state index in [2.05, 4.69) is 25.2 Å². The van der Waals surface area contributed by atoms with Gasteiger partial charge in [0.05, 0.1) is 6.04 Å². The molecule has 0 aliphatic heterocycles. The fourth-order valence-electron chi connectivity index (χ4n) is 2.91. The van der Waals surface area contributed by atoms with Crippen molar-refractivity contribution in [1.82, 2.24) is 15.2 Å². The lowest BCUT2D eigenvalue weighted by Crippen LogP contribution is -2.35. The van der Waals surface area contributed by atoms with Crippen molar-refractivity contribution >= 4 is 36.4 Å². The number of H-pyrrole nitrogens is 1. The summed E-state index contributed by atoms with van der Waals surface area (Å²) in [5.41, 5.74) is 13.2. The number of nitrogens with two attached hydrogens (primary N) is 2. The Labute approximate surface area is 206 Å². The van der Waals surface area contributed by atoms with Crippen LogP contribution in [-0.2, 0) is 4.79 Å². The zero-order valence-electron chi connectivity index (χ0n) is 17.8. The molecule has 6 N–H and O–H groups in total. The van der Waals surface area contributed by atoms with E-state index in [1.165, 1.54) is 24.3 Å². The third-order valence-corrected chi connectivity index (χ3v) is 4.56. The van der Waals surface area contributed by atoms with Gasteiger partial charge in [0.2, 0.25) is 5.91 Å². The Bertz CT molecular complexity index is 1030. The maximum Gasteiger partial charge on any atom is 0.573 e. The van der Waals surface area contributed by atoms with Crippen molar-refractivity contribution in [2.75, 3.05) is 11.9 Å². The Balaban J connectivity index is 0.00000289. The molecule has 1 heterocycles. The van der Waals surface area contributed by atoms with Crippen LogP contribution in [0.3, 0.4) is 0 Å². The van der Waals surface area contributed by atoms with Gasteiger partial charge < -0.3 is 21.5 Å². The van der Waals surface area contributed by atoms with Gasteiger partial charge in [0.15, 0.2) is 11.6 Å². The predicted molar refractivity (Wildman–Crippen MR) is 128 cm³/mol. The second kappa shape index (κ2) is 13.1. The van der Waals surface area contributed by atoms with E-state index in [1.54, 1.807) is 24.3 Å². The molecule has 1 aromatic heterocycles. The second-order valence-electron chi connectivity index (χ2n) is 7.04. The highest BCUT2D eigenvalue weighted by atomic mass is 35.5. The summed E-state index contributed by atoms with van der Waals surface area (Å²) < 4.78 is 40.7. The molecular formula is C21H25Cl2F3N6O2. The maximum atomic E-state index is 12.3. The molecular weight excluding hydrogens is 496 g/mol. The van der Waals surface area contributed by atoms with E-state index in [-0.39, 0.29) is 36.5 Å². The fourth-order valence-corrected chi connectivity index (χ4v) is 2.91. The summed E-state index contributed by atoms with van der Waals surface area (Å²) in [6.45, 7) is 0.566. The van der Waals surface area contributed by atoms with Gasteiger partial charge >= 0.3 is 6.36 Å². The van der Waals surface area contributed by atoms with Crippen LogP contribution in [0.1, 0.15) is 19.3 Å². The number of hydrogen-bond acceptors (Lipinski definition) is 6. The summed E-state index contributed by atoms with van der Waals surface area (Å²) in [5, 5.41) is 9.66. The van der Waals surface area contributed by atoms with Crippen molar-refractivity contribution in [2.24, 2.45) is 11.5 Å². The highest BCUT2D eigenvalue weighted by Gasteiger charge is 2.31. The Hall–Kier alpha value is -2.86. The molecule has 2 aromatic carbocycles. The number of aromatic nitrogens is 3. The van der Waals surface area contributed by atoms with E-state index in [0.29, 0.717) is 41.4 Å². The van der Waals surface area contributed by atoms with Gasteiger partial charge in [-0.3, -0.25) is 9.89 Å². The van der Waals surface area contributed by atoms with Gasteiger partial charge in [-0.1, -0.05) is 6.42 Å². The highest BCUT2D eigenvalue weighted by Crippen LogP contribution is 2.26. The van der Waals surface area contributed by atoms with Gasteiger partial charge in [0.1, 0.15) is 5.75 Å². The van der Waals surface area contributed by atoms with Gasteiger partial charge in [0, 0.05) is 16.8 Å². The number of amides is 1.